The van der Waals surface area contributed by atoms with E-state index in [1.54, 1.807) is 38.5 Å². The predicted octanol–water partition coefficient (Wildman–Crippen LogP) is 4.18. The monoisotopic (exact) mass is 440 g/mol. The van der Waals surface area contributed by atoms with Crippen molar-refractivity contribution in [2.24, 2.45) is 10.7 Å². The van der Waals surface area contributed by atoms with E-state index >= 15 is 0 Å². The van der Waals surface area contributed by atoms with Crippen molar-refractivity contribution < 1.29 is 9.53 Å². The molecular weight excluding hydrogens is 411 g/mol. The van der Waals surface area contributed by atoms with Gasteiger partial charge >= 0.3 is 0 Å². The molecule has 0 saturated heterocycles. The molecular formula is C21H30Cl2N4O2. The molecule has 0 aliphatic heterocycles. The maximum Gasteiger partial charge on any atom is 0.272 e. The molecule has 0 atom stereocenters. The van der Waals surface area contributed by atoms with Crippen LogP contribution < -0.4 is 16.4 Å². The average molecular weight is 441 g/mol. The van der Waals surface area contributed by atoms with E-state index in [0.29, 0.717) is 34.5 Å². The number of amides is 1. The summed E-state index contributed by atoms with van der Waals surface area (Å²) < 4.78 is 5.01. The summed E-state index contributed by atoms with van der Waals surface area (Å²) in [6.45, 7) is 5.52. The zero-order valence-corrected chi connectivity index (χ0v) is 18.7. The van der Waals surface area contributed by atoms with Crippen LogP contribution in [0.3, 0.4) is 0 Å². The Kier molecular flexibility index (Phi) is 12.1. The minimum absolute atomic E-state index is 0.129. The Hall–Kier alpha value is -2.02. The van der Waals surface area contributed by atoms with Crippen LogP contribution in [0, 0.1) is 0 Å². The van der Waals surface area contributed by atoms with Gasteiger partial charge in [0.05, 0.1) is 10.0 Å². The lowest BCUT2D eigenvalue weighted by molar-refractivity contribution is -0.117. The Bertz CT molecular complexity index is 761. The number of nitrogens with one attached hydrogen (secondary N) is 2. The molecule has 1 aromatic carbocycles. The van der Waals surface area contributed by atoms with Crippen LogP contribution in [0.5, 0.6) is 0 Å². The molecule has 160 valence electrons. The number of nitrogens with two attached hydrogens (primary N) is 1. The summed E-state index contributed by atoms with van der Waals surface area (Å²) in [7, 11) is 1.70. The van der Waals surface area contributed by atoms with Gasteiger partial charge in [0.2, 0.25) is 0 Å². The van der Waals surface area contributed by atoms with Crippen molar-refractivity contribution in [1.29, 1.82) is 0 Å². The van der Waals surface area contributed by atoms with Gasteiger partial charge in [-0.25, -0.2) is 0 Å². The molecule has 0 aromatic heterocycles. The Morgan fingerprint density at radius 3 is 2.66 bits per heavy atom. The van der Waals surface area contributed by atoms with Gasteiger partial charge in [0.1, 0.15) is 11.5 Å². The van der Waals surface area contributed by atoms with Crippen molar-refractivity contribution in [2.75, 3.05) is 20.3 Å². The highest BCUT2D eigenvalue weighted by Gasteiger charge is 2.10. The van der Waals surface area contributed by atoms with E-state index < -0.39 is 0 Å². The van der Waals surface area contributed by atoms with Crippen LogP contribution in [0.2, 0.25) is 10.0 Å². The van der Waals surface area contributed by atoms with Crippen molar-refractivity contribution in [3.63, 3.8) is 0 Å². The molecule has 0 fully saturated rings. The van der Waals surface area contributed by atoms with Crippen LogP contribution >= 0.6 is 23.2 Å². The number of carbonyl (C=O) groups excluding carboxylic acids is 1. The lowest BCUT2D eigenvalue weighted by Crippen LogP contribution is -2.34. The molecule has 1 amide bonds. The minimum atomic E-state index is -0.385. The van der Waals surface area contributed by atoms with Crippen molar-refractivity contribution in [1.82, 2.24) is 10.6 Å². The fraction of sp³-hybridized carbons (Fsp3) is 0.429. The Labute approximate surface area is 183 Å². The zero-order valence-electron chi connectivity index (χ0n) is 17.2. The molecule has 0 spiro atoms. The molecule has 0 heterocycles. The van der Waals surface area contributed by atoms with E-state index in [9.17, 15) is 4.79 Å². The highest BCUT2D eigenvalue weighted by atomic mass is 35.5. The lowest BCUT2D eigenvalue weighted by Gasteiger charge is -2.13. The van der Waals surface area contributed by atoms with Crippen molar-refractivity contribution in [3.05, 3.63) is 57.0 Å². The molecule has 0 radical (unpaired) electrons. The summed E-state index contributed by atoms with van der Waals surface area (Å²) >= 11 is 11.9. The number of benzene rings is 1. The molecule has 1 aromatic rings. The molecule has 0 aliphatic rings. The number of unbranched alkanes of at least 4 members (excludes halogenated alkanes) is 2. The normalized spacial score (nSPS) is 12.8. The van der Waals surface area contributed by atoms with Crippen molar-refractivity contribution >= 4 is 35.3 Å². The number of allylic oxidation sites excluding steroid dienone is 2. The summed E-state index contributed by atoms with van der Waals surface area (Å²) in [4.78, 5) is 16.7. The molecule has 0 aliphatic carbocycles. The quantitative estimate of drug-likeness (QED) is 0.258. The first-order valence-electron chi connectivity index (χ1n) is 9.49. The fourth-order valence-electron chi connectivity index (χ4n) is 2.33. The third-order valence-corrected chi connectivity index (χ3v) is 4.83. The highest BCUT2D eigenvalue weighted by molar-refractivity contribution is 6.42. The van der Waals surface area contributed by atoms with Gasteiger partial charge in [-0.05, 0) is 62.5 Å². The van der Waals surface area contributed by atoms with E-state index in [0.717, 1.165) is 31.4 Å². The number of halogens is 2. The largest absolute Gasteiger partial charge is 0.394 e. The molecule has 0 bridgehead atoms. The second-order valence-corrected chi connectivity index (χ2v) is 7.26. The molecule has 0 unspecified atom stereocenters. The van der Waals surface area contributed by atoms with Gasteiger partial charge < -0.3 is 21.1 Å². The van der Waals surface area contributed by atoms with E-state index in [-0.39, 0.29) is 11.6 Å². The third kappa shape index (κ3) is 9.83. The number of ether oxygens (including phenoxy) is 1. The number of carbonyl (C=O) groups is 1. The van der Waals surface area contributed by atoms with Gasteiger partial charge in [-0.3, -0.25) is 9.79 Å². The van der Waals surface area contributed by atoms with Crippen molar-refractivity contribution in [3.8, 4) is 0 Å². The number of nitrogens with zero attached hydrogens (tertiary/aromatic N) is 1. The summed E-state index contributed by atoms with van der Waals surface area (Å²) in [6, 6.07) is 5.37. The summed E-state index contributed by atoms with van der Waals surface area (Å²) in [5, 5.41) is 6.89. The molecule has 1 rings (SSSR count). The molecule has 0 saturated carbocycles. The Morgan fingerprint density at radius 1 is 1.24 bits per heavy atom. The first-order valence-corrected chi connectivity index (χ1v) is 10.2. The van der Waals surface area contributed by atoms with E-state index in [1.165, 1.54) is 0 Å². The lowest BCUT2D eigenvalue weighted by atomic mass is 10.2. The summed E-state index contributed by atoms with van der Waals surface area (Å²) in [5.41, 5.74) is 7.65. The van der Waals surface area contributed by atoms with Crippen LogP contribution in [0.4, 0.5) is 0 Å². The highest BCUT2D eigenvalue weighted by Crippen LogP contribution is 2.22. The van der Waals surface area contributed by atoms with Crippen LogP contribution in [-0.2, 0) is 16.1 Å². The molecule has 29 heavy (non-hydrogen) atoms. The number of rotatable bonds is 12. The van der Waals surface area contributed by atoms with Crippen LogP contribution in [0.25, 0.3) is 0 Å². The fourth-order valence-corrected chi connectivity index (χ4v) is 2.65. The van der Waals surface area contributed by atoms with Crippen molar-refractivity contribution in [2.45, 2.75) is 39.7 Å². The van der Waals surface area contributed by atoms with Gasteiger partial charge in [0.25, 0.3) is 5.91 Å². The third-order valence-electron chi connectivity index (χ3n) is 4.09. The number of methoxy groups -OCH3 is 1. The first-order chi connectivity index (χ1) is 13.9. The number of hydrogen-bond acceptors (Lipinski definition) is 5. The summed E-state index contributed by atoms with van der Waals surface area (Å²) in [6.07, 6.45) is 6.45. The van der Waals surface area contributed by atoms with Gasteiger partial charge in [-0.2, -0.15) is 0 Å². The van der Waals surface area contributed by atoms with Gasteiger partial charge in [0.15, 0.2) is 0 Å². The number of hydrogen-bond donors (Lipinski definition) is 3. The van der Waals surface area contributed by atoms with E-state index in [4.69, 9.17) is 33.7 Å². The van der Waals surface area contributed by atoms with Gasteiger partial charge in [0, 0.05) is 33.0 Å². The topological polar surface area (TPSA) is 88.7 Å². The van der Waals surface area contributed by atoms with Crippen LogP contribution in [0.1, 0.15) is 38.7 Å². The molecule has 6 nitrogen and oxygen atoms in total. The second-order valence-electron chi connectivity index (χ2n) is 6.44. The number of aliphatic imine (C=N–C) groups is 1. The molecule has 8 heteroatoms. The predicted molar refractivity (Wildman–Crippen MR) is 121 cm³/mol. The first kappa shape index (κ1) is 25.0. The smallest absolute Gasteiger partial charge is 0.272 e. The van der Waals surface area contributed by atoms with E-state index in [1.807, 2.05) is 13.0 Å². The van der Waals surface area contributed by atoms with E-state index in [2.05, 4.69) is 15.6 Å². The van der Waals surface area contributed by atoms with Gasteiger partial charge in [-0.1, -0.05) is 29.3 Å². The average Bonchev–Trinajstić information content (AvgIpc) is 2.71. The maximum atomic E-state index is 12.4. The second kappa shape index (κ2) is 14.0. The summed E-state index contributed by atoms with van der Waals surface area (Å²) in [5.74, 6) is 0.163. The van der Waals surface area contributed by atoms with Crippen LogP contribution in [0.15, 0.2) is 46.4 Å². The SMILES string of the molecule is CC=C(NCc1ccc(Cl)c(Cl)c1)NC(=O)C(N)=C(C)C=NCCCCCOC. The standard InChI is InChI=1S/C21H30Cl2N4O2/c1-4-19(26-14-16-8-9-17(22)18(23)12-16)27-21(28)20(24)15(2)13-25-10-6-5-7-11-29-3/h4,8-9,12-13,26H,5-7,10-11,14,24H2,1-3H3,(H,27,28). The maximum absolute atomic E-state index is 12.4. The molecule has 4 N–H and O–H groups in total. The Morgan fingerprint density at radius 2 is 2.00 bits per heavy atom. The Balaban J connectivity index is 2.52. The minimum Gasteiger partial charge on any atom is -0.394 e. The van der Waals surface area contributed by atoms with Crippen LogP contribution in [-0.4, -0.2) is 32.4 Å². The van der Waals surface area contributed by atoms with Gasteiger partial charge in [-0.15, -0.1) is 0 Å². The zero-order chi connectivity index (χ0) is 21.6.